The number of hydrogen-bond donors (Lipinski definition) is 1. The Hall–Kier alpha value is -0.930. The van der Waals surface area contributed by atoms with E-state index in [2.05, 4.69) is 12.2 Å². The second kappa shape index (κ2) is 5.81. The molecule has 0 amide bonds. The third-order valence-electron chi connectivity index (χ3n) is 3.81. The molecule has 0 saturated carbocycles. The highest BCUT2D eigenvalue weighted by atomic mass is 19.1. The molecule has 0 aliphatic carbocycles. The van der Waals surface area contributed by atoms with E-state index in [1.165, 1.54) is 11.6 Å². The van der Waals surface area contributed by atoms with Crippen molar-refractivity contribution in [3.8, 4) is 0 Å². The first kappa shape index (κ1) is 13.5. The van der Waals surface area contributed by atoms with Crippen molar-refractivity contribution in [2.45, 2.75) is 26.7 Å². The number of halogens is 1. The highest BCUT2D eigenvalue weighted by Gasteiger charge is 2.35. The van der Waals surface area contributed by atoms with Gasteiger partial charge in [0.15, 0.2) is 0 Å². The summed E-state index contributed by atoms with van der Waals surface area (Å²) < 4.78 is 18.9. The van der Waals surface area contributed by atoms with Gasteiger partial charge in [-0.1, -0.05) is 13.0 Å². The van der Waals surface area contributed by atoms with Crippen LogP contribution in [0.4, 0.5) is 4.39 Å². The number of hydrogen-bond acceptors (Lipinski definition) is 2. The van der Waals surface area contributed by atoms with Crippen molar-refractivity contribution >= 4 is 0 Å². The highest BCUT2D eigenvalue weighted by molar-refractivity contribution is 5.28. The van der Waals surface area contributed by atoms with Gasteiger partial charge in [-0.3, -0.25) is 0 Å². The number of nitrogens with one attached hydrogen (secondary N) is 1. The van der Waals surface area contributed by atoms with Crippen LogP contribution in [0.3, 0.4) is 0 Å². The summed E-state index contributed by atoms with van der Waals surface area (Å²) in [6.45, 7) is 7.65. The monoisotopic (exact) mass is 251 g/mol. The predicted molar refractivity (Wildman–Crippen MR) is 71.3 cm³/mol. The van der Waals surface area contributed by atoms with Crippen molar-refractivity contribution in [3.05, 3.63) is 35.1 Å². The van der Waals surface area contributed by atoms with Gasteiger partial charge in [0.25, 0.3) is 0 Å². The van der Waals surface area contributed by atoms with Gasteiger partial charge in [-0.25, -0.2) is 4.39 Å². The minimum atomic E-state index is -0.145. The Morgan fingerprint density at radius 3 is 2.94 bits per heavy atom. The zero-order valence-electron chi connectivity index (χ0n) is 11.3. The van der Waals surface area contributed by atoms with Crippen LogP contribution in [-0.2, 0) is 11.2 Å². The summed E-state index contributed by atoms with van der Waals surface area (Å²) in [5.74, 6) is -0.145. The number of ether oxygens (including phenoxy) is 1. The molecule has 0 aromatic heterocycles. The lowest BCUT2D eigenvalue weighted by Gasteiger charge is -2.28. The standard InChI is InChI=1S/C15H22FNO/c1-3-17-10-15(6-7-18-11-15)9-13-8-14(16)5-4-12(13)2/h4-5,8,17H,3,6-7,9-11H2,1-2H3. The van der Waals surface area contributed by atoms with Gasteiger partial charge in [0.1, 0.15) is 5.82 Å². The molecule has 1 atom stereocenters. The summed E-state index contributed by atoms with van der Waals surface area (Å²) in [5.41, 5.74) is 2.41. The first-order valence-corrected chi connectivity index (χ1v) is 6.69. The molecule has 0 radical (unpaired) electrons. The molecule has 0 bridgehead atoms. The molecule has 100 valence electrons. The molecule has 1 saturated heterocycles. The lowest BCUT2D eigenvalue weighted by molar-refractivity contribution is 0.149. The third kappa shape index (κ3) is 3.09. The van der Waals surface area contributed by atoms with Crippen LogP contribution in [0.1, 0.15) is 24.5 Å². The number of benzene rings is 1. The van der Waals surface area contributed by atoms with Crippen LogP contribution in [-0.4, -0.2) is 26.3 Å². The van der Waals surface area contributed by atoms with Gasteiger partial charge in [0.2, 0.25) is 0 Å². The van der Waals surface area contributed by atoms with Crippen LogP contribution in [0.5, 0.6) is 0 Å². The van der Waals surface area contributed by atoms with E-state index in [-0.39, 0.29) is 11.2 Å². The Balaban J connectivity index is 2.15. The lowest BCUT2D eigenvalue weighted by atomic mass is 9.80. The highest BCUT2D eigenvalue weighted by Crippen LogP contribution is 2.33. The summed E-state index contributed by atoms with van der Waals surface area (Å²) in [4.78, 5) is 0. The summed E-state index contributed by atoms with van der Waals surface area (Å²) in [7, 11) is 0. The van der Waals surface area contributed by atoms with Gasteiger partial charge >= 0.3 is 0 Å². The Morgan fingerprint density at radius 1 is 1.44 bits per heavy atom. The van der Waals surface area contributed by atoms with Crippen molar-refractivity contribution < 1.29 is 9.13 Å². The Labute approximate surface area is 109 Å². The minimum Gasteiger partial charge on any atom is -0.381 e. The van der Waals surface area contributed by atoms with Gasteiger partial charge in [-0.05, 0) is 49.6 Å². The second-order valence-electron chi connectivity index (χ2n) is 5.33. The molecule has 18 heavy (non-hydrogen) atoms. The fraction of sp³-hybridized carbons (Fsp3) is 0.600. The van der Waals surface area contributed by atoms with Crippen LogP contribution >= 0.6 is 0 Å². The second-order valence-corrected chi connectivity index (χ2v) is 5.33. The first-order chi connectivity index (χ1) is 8.65. The molecule has 0 spiro atoms. The maximum atomic E-state index is 13.4. The van der Waals surface area contributed by atoms with Gasteiger partial charge < -0.3 is 10.1 Å². The van der Waals surface area contributed by atoms with Crippen molar-refractivity contribution in [1.29, 1.82) is 0 Å². The molecule has 1 aliphatic rings. The number of aryl methyl sites for hydroxylation is 1. The van der Waals surface area contributed by atoms with Crippen LogP contribution in [0, 0.1) is 18.2 Å². The SMILES string of the molecule is CCNCC1(Cc2cc(F)ccc2C)CCOC1. The van der Waals surface area contributed by atoms with Crippen LogP contribution in [0.2, 0.25) is 0 Å². The van der Waals surface area contributed by atoms with Crippen molar-refractivity contribution in [3.63, 3.8) is 0 Å². The average Bonchev–Trinajstić information content (AvgIpc) is 2.80. The minimum absolute atomic E-state index is 0.133. The Kier molecular flexibility index (Phi) is 4.36. The van der Waals surface area contributed by atoms with E-state index in [9.17, 15) is 4.39 Å². The zero-order valence-corrected chi connectivity index (χ0v) is 11.3. The summed E-state index contributed by atoms with van der Waals surface area (Å²) >= 11 is 0. The fourth-order valence-corrected chi connectivity index (χ4v) is 2.62. The molecule has 3 heteroatoms. The fourth-order valence-electron chi connectivity index (χ4n) is 2.62. The van der Waals surface area contributed by atoms with E-state index < -0.39 is 0 Å². The van der Waals surface area contributed by atoms with Crippen molar-refractivity contribution in [2.24, 2.45) is 5.41 Å². The molecule has 2 nitrogen and oxygen atoms in total. The van der Waals surface area contributed by atoms with Crippen LogP contribution in [0.25, 0.3) is 0 Å². The third-order valence-corrected chi connectivity index (χ3v) is 3.81. The molecule has 1 aromatic carbocycles. The molecular weight excluding hydrogens is 229 g/mol. The van der Waals surface area contributed by atoms with E-state index in [0.29, 0.717) is 0 Å². The first-order valence-electron chi connectivity index (χ1n) is 6.69. The molecule has 1 aliphatic heterocycles. The van der Waals surface area contributed by atoms with E-state index in [1.807, 2.05) is 13.0 Å². The zero-order chi connectivity index (χ0) is 13.0. The smallest absolute Gasteiger partial charge is 0.123 e. The Morgan fingerprint density at radius 2 is 2.28 bits per heavy atom. The Bertz CT molecular complexity index is 399. The van der Waals surface area contributed by atoms with Gasteiger partial charge in [-0.15, -0.1) is 0 Å². The molecule has 1 heterocycles. The number of rotatable bonds is 5. The molecule has 1 aromatic rings. The van der Waals surface area contributed by atoms with Gasteiger partial charge in [0.05, 0.1) is 6.61 Å². The predicted octanol–water partition coefficient (Wildman–Crippen LogP) is 2.69. The van der Waals surface area contributed by atoms with Gasteiger partial charge in [-0.2, -0.15) is 0 Å². The molecular formula is C15H22FNO. The molecule has 2 rings (SSSR count). The maximum absolute atomic E-state index is 13.4. The lowest BCUT2D eigenvalue weighted by Crippen LogP contribution is -2.36. The van der Waals surface area contributed by atoms with E-state index in [4.69, 9.17) is 4.74 Å². The van der Waals surface area contributed by atoms with Gasteiger partial charge in [0, 0.05) is 18.6 Å². The quantitative estimate of drug-likeness (QED) is 0.868. The normalized spacial score (nSPS) is 23.5. The van der Waals surface area contributed by atoms with E-state index in [1.54, 1.807) is 6.07 Å². The van der Waals surface area contributed by atoms with Crippen LogP contribution in [0.15, 0.2) is 18.2 Å². The summed E-state index contributed by atoms with van der Waals surface area (Å²) in [5, 5.41) is 3.41. The van der Waals surface area contributed by atoms with E-state index >= 15 is 0 Å². The van der Waals surface area contributed by atoms with Crippen LogP contribution < -0.4 is 5.32 Å². The maximum Gasteiger partial charge on any atom is 0.123 e. The molecule has 1 unspecified atom stereocenters. The van der Waals surface area contributed by atoms with E-state index in [0.717, 1.165) is 44.7 Å². The average molecular weight is 251 g/mol. The van der Waals surface area contributed by atoms with Crippen molar-refractivity contribution in [2.75, 3.05) is 26.3 Å². The largest absolute Gasteiger partial charge is 0.381 e. The summed E-state index contributed by atoms with van der Waals surface area (Å²) in [6, 6.07) is 5.06. The van der Waals surface area contributed by atoms with Crippen molar-refractivity contribution in [1.82, 2.24) is 5.32 Å². The molecule has 1 fully saturated rings. The topological polar surface area (TPSA) is 21.3 Å². The summed E-state index contributed by atoms with van der Waals surface area (Å²) in [6.07, 6.45) is 1.94. The molecule has 1 N–H and O–H groups in total.